The third-order valence-corrected chi connectivity index (χ3v) is 3.47. The summed E-state index contributed by atoms with van der Waals surface area (Å²) in [7, 11) is -3.35. The molecule has 0 aliphatic rings. The van der Waals surface area contributed by atoms with Crippen LogP contribution in [0.5, 0.6) is 0 Å². The van der Waals surface area contributed by atoms with Gasteiger partial charge in [0.05, 0.1) is 4.90 Å². The SMILES string of the molecule is O=S(=O)(NCCCCCO)c1cc[nH]c1. The molecule has 0 aliphatic heterocycles. The molecular formula is C9H16N2O3S. The zero-order valence-electron chi connectivity index (χ0n) is 8.44. The van der Waals surface area contributed by atoms with Crippen LogP contribution in [0.1, 0.15) is 19.3 Å². The number of aromatic amines is 1. The van der Waals surface area contributed by atoms with Crippen molar-refractivity contribution in [2.75, 3.05) is 13.2 Å². The lowest BCUT2D eigenvalue weighted by atomic mass is 10.2. The fourth-order valence-corrected chi connectivity index (χ4v) is 2.23. The van der Waals surface area contributed by atoms with Crippen molar-refractivity contribution in [3.05, 3.63) is 18.5 Å². The number of H-pyrrole nitrogens is 1. The van der Waals surface area contributed by atoms with Crippen molar-refractivity contribution in [1.82, 2.24) is 9.71 Å². The zero-order valence-corrected chi connectivity index (χ0v) is 9.26. The van der Waals surface area contributed by atoms with Gasteiger partial charge in [-0.05, 0) is 25.3 Å². The maximum atomic E-state index is 11.5. The van der Waals surface area contributed by atoms with Crippen LogP contribution in [0.15, 0.2) is 23.4 Å². The van der Waals surface area contributed by atoms with Gasteiger partial charge in [-0.25, -0.2) is 13.1 Å². The first kappa shape index (κ1) is 12.2. The van der Waals surface area contributed by atoms with Crippen LogP contribution in [-0.2, 0) is 10.0 Å². The molecule has 15 heavy (non-hydrogen) atoms. The van der Waals surface area contributed by atoms with Crippen molar-refractivity contribution >= 4 is 10.0 Å². The Labute approximate surface area is 89.6 Å². The number of sulfonamides is 1. The minimum atomic E-state index is -3.35. The molecule has 0 atom stereocenters. The highest BCUT2D eigenvalue weighted by Crippen LogP contribution is 2.06. The van der Waals surface area contributed by atoms with Crippen molar-refractivity contribution in [2.24, 2.45) is 0 Å². The van der Waals surface area contributed by atoms with E-state index in [0.29, 0.717) is 13.0 Å². The van der Waals surface area contributed by atoms with E-state index in [4.69, 9.17) is 5.11 Å². The molecular weight excluding hydrogens is 216 g/mol. The molecule has 0 aromatic carbocycles. The van der Waals surface area contributed by atoms with Crippen LogP contribution in [0.25, 0.3) is 0 Å². The van der Waals surface area contributed by atoms with E-state index in [1.54, 1.807) is 6.20 Å². The van der Waals surface area contributed by atoms with Gasteiger partial charge in [0.1, 0.15) is 0 Å². The molecule has 6 heteroatoms. The summed E-state index contributed by atoms with van der Waals surface area (Å²) in [6.45, 7) is 0.568. The molecule has 5 nitrogen and oxygen atoms in total. The molecule has 1 aromatic heterocycles. The van der Waals surface area contributed by atoms with Crippen molar-refractivity contribution in [3.8, 4) is 0 Å². The Morgan fingerprint density at radius 1 is 1.33 bits per heavy atom. The number of hydrogen-bond donors (Lipinski definition) is 3. The van der Waals surface area contributed by atoms with E-state index >= 15 is 0 Å². The van der Waals surface area contributed by atoms with E-state index in [1.165, 1.54) is 12.3 Å². The van der Waals surface area contributed by atoms with Crippen LogP contribution in [0.2, 0.25) is 0 Å². The first-order valence-electron chi connectivity index (χ1n) is 4.90. The quantitative estimate of drug-likeness (QED) is 0.597. The number of nitrogens with one attached hydrogen (secondary N) is 2. The molecule has 0 amide bonds. The van der Waals surface area contributed by atoms with Gasteiger partial charge in [0.2, 0.25) is 10.0 Å². The van der Waals surface area contributed by atoms with Crippen molar-refractivity contribution in [2.45, 2.75) is 24.2 Å². The molecule has 0 aliphatic carbocycles. The van der Waals surface area contributed by atoms with Crippen molar-refractivity contribution in [3.63, 3.8) is 0 Å². The number of rotatable bonds is 7. The number of aliphatic hydroxyl groups excluding tert-OH is 1. The van der Waals surface area contributed by atoms with Crippen LogP contribution in [0, 0.1) is 0 Å². The third-order valence-electron chi connectivity index (χ3n) is 2.01. The Kier molecular flexibility index (Phi) is 4.80. The molecule has 0 saturated carbocycles. The fraction of sp³-hybridized carbons (Fsp3) is 0.556. The zero-order chi connectivity index (χ0) is 11.1. The minimum Gasteiger partial charge on any atom is -0.396 e. The van der Waals surface area contributed by atoms with Crippen molar-refractivity contribution < 1.29 is 13.5 Å². The summed E-state index contributed by atoms with van der Waals surface area (Å²) in [4.78, 5) is 2.95. The van der Waals surface area contributed by atoms with Gasteiger partial charge in [-0.3, -0.25) is 0 Å². The minimum absolute atomic E-state index is 0.157. The summed E-state index contributed by atoms with van der Waals surface area (Å²) in [5.74, 6) is 0. The number of hydrogen-bond acceptors (Lipinski definition) is 3. The normalized spacial score (nSPS) is 11.8. The van der Waals surface area contributed by atoms with E-state index in [2.05, 4.69) is 9.71 Å². The van der Waals surface area contributed by atoms with E-state index in [1.807, 2.05) is 0 Å². The molecule has 0 radical (unpaired) electrons. The maximum absolute atomic E-state index is 11.5. The van der Waals surface area contributed by atoms with Crippen LogP contribution in [0.4, 0.5) is 0 Å². The molecule has 1 aromatic rings. The Morgan fingerprint density at radius 2 is 2.13 bits per heavy atom. The summed E-state index contributed by atoms with van der Waals surface area (Å²) in [6.07, 6.45) is 5.29. The van der Waals surface area contributed by atoms with E-state index in [-0.39, 0.29) is 11.5 Å². The Balaban J connectivity index is 2.32. The summed E-state index contributed by atoms with van der Waals surface area (Å²) in [5.41, 5.74) is 0. The van der Waals surface area contributed by atoms with Crippen LogP contribution >= 0.6 is 0 Å². The largest absolute Gasteiger partial charge is 0.396 e. The summed E-state index contributed by atoms with van der Waals surface area (Å²) in [6, 6.07) is 1.51. The van der Waals surface area contributed by atoms with Gasteiger partial charge in [-0.2, -0.15) is 0 Å². The standard InChI is InChI=1S/C9H16N2O3S/c12-7-3-1-2-5-11-15(13,14)9-4-6-10-8-9/h4,6,8,10-12H,1-3,5,7H2. The topological polar surface area (TPSA) is 82.2 Å². The predicted molar refractivity (Wildman–Crippen MR) is 56.9 cm³/mol. The molecule has 3 N–H and O–H groups in total. The van der Waals surface area contributed by atoms with Gasteiger partial charge in [0.25, 0.3) is 0 Å². The smallest absolute Gasteiger partial charge is 0.242 e. The average Bonchev–Trinajstić information content (AvgIpc) is 2.70. The molecule has 0 spiro atoms. The second-order valence-electron chi connectivity index (χ2n) is 3.23. The van der Waals surface area contributed by atoms with E-state index in [0.717, 1.165) is 12.8 Å². The number of aromatic nitrogens is 1. The Morgan fingerprint density at radius 3 is 2.73 bits per heavy atom. The first-order chi connectivity index (χ1) is 7.17. The van der Waals surface area contributed by atoms with Gasteiger partial charge in [0.15, 0.2) is 0 Å². The van der Waals surface area contributed by atoms with Gasteiger partial charge >= 0.3 is 0 Å². The molecule has 1 heterocycles. The number of unbranched alkanes of at least 4 members (excludes halogenated alkanes) is 2. The molecule has 0 fully saturated rings. The molecule has 0 unspecified atom stereocenters. The second-order valence-corrected chi connectivity index (χ2v) is 5.00. The predicted octanol–water partition coefficient (Wildman–Crippen LogP) is 0.456. The monoisotopic (exact) mass is 232 g/mol. The molecule has 86 valence electrons. The average molecular weight is 232 g/mol. The maximum Gasteiger partial charge on any atom is 0.242 e. The first-order valence-corrected chi connectivity index (χ1v) is 6.38. The Hall–Kier alpha value is -0.850. The van der Waals surface area contributed by atoms with Crippen LogP contribution < -0.4 is 4.72 Å². The molecule has 0 saturated heterocycles. The van der Waals surface area contributed by atoms with E-state index in [9.17, 15) is 8.42 Å². The highest BCUT2D eigenvalue weighted by Gasteiger charge is 2.12. The van der Waals surface area contributed by atoms with Gasteiger partial charge < -0.3 is 10.1 Å². The summed E-state index contributed by atoms with van der Waals surface area (Å²) >= 11 is 0. The van der Waals surface area contributed by atoms with Gasteiger partial charge in [-0.1, -0.05) is 0 Å². The van der Waals surface area contributed by atoms with Gasteiger partial charge in [0, 0.05) is 25.5 Å². The highest BCUT2D eigenvalue weighted by molar-refractivity contribution is 7.89. The summed E-state index contributed by atoms with van der Waals surface area (Å²) < 4.78 is 25.6. The fourth-order valence-electron chi connectivity index (χ4n) is 1.18. The van der Waals surface area contributed by atoms with Crippen molar-refractivity contribution in [1.29, 1.82) is 0 Å². The lowest BCUT2D eigenvalue weighted by molar-refractivity contribution is 0.283. The van der Waals surface area contributed by atoms with Crippen LogP contribution in [0.3, 0.4) is 0 Å². The van der Waals surface area contributed by atoms with Crippen LogP contribution in [-0.4, -0.2) is 31.7 Å². The molecule has 0 bridgehead atoms. The highest BCUT2D eigenvalue weighted by atomic mass is 32.2. The molecule has 1 rings (SSSR count). The lowest BCUT2D eigenvalue weighted by Crippen LogP contribution is -2.24. The van der Waals surface area contributed by atoms with Gasteiger partial charge in [-0.15, -0.1) is 0 Å². The third kappa shape index (κ3) is 4.03. The lowest BCUT2D eigenvalue weighted by Gasteiger charge is -2.03. The van der Waals surface area contributed by atoms with E-state index < -0.39 is 10.0 Å². The summed E-state index contributed by atoms with van der Waals surface area (Å²) in [5, 5.41) is 8.53. The number of aliphatic hydroxyl groups is 1. The second kappa shape index (κ2) is 5.89. The Bertz CT molecular complexity index is 359.